The Balaban J connectivity index is 1.40. The Morgan fingerprint density at radius 3 is 2.50 bits per heavy atom. The van der Waals surface area contributed by atoms with Gasteiger partial charge in [-0.1, -0.05) is 12.1 Å². The summed E-state index contributed by atoms with van der Waals surface area (Å²) in [5.74, 6) is 0.218. The molecule has 1 aromatic carbocycles. The minimum absolute atomic E-state index is 0.0586. The summed E-state index contributed by atoms with van der Waals surface area (Å²) in [6.45, 7) is 1.18. The van der Waals surface area contributed by atoms with Gasteiger partial charge in [-0.3, -0.25) is 14.9 Å². The van der Waals surface area contributed by atoms with Crippen LogP contribution in [0.15, 0.2) is 54.7 Å². The van der Waals surface area contributed by atoms with E-state index < -0.39 is 6.61 Å². The van der Waals surface area contributed by atoms with Gasteiger partial charge in [0.2, 0.25) is 0 Å². The molecule has 0 saturated heterocycles. The first-order valence-electron chi connectivity index (χ1n) is 10.5. The van der Waals surface area contributed by atoms with E-state index in [4.69, 9.17) is 0 Å². The van der Waals surface area contributed by atoms with Crippen LogP contribution in [0.25, 0.3) is 11.4 Å². The Hall–Kier alpha value is -4.21. The standard InChI is InChI=1S/C24H22F2N6O2/c1-14-9-18(11-19-10-15(2)31-32-19)30-22(29-14)17-5-8-21(27-13-17)23(33)28-12-16-3-6-20(7-4-16)34-24(25)26/h3-10,13,24H,11-12H2,1-2H3,(H,28,33)(H,31,32). The highest BCUT2D eigenvalue weighted by atomic mass is 19.3. The zero-order valence-electron chi connectivity index (χ0n) is 18.5. The second kappa shape index (κ2) is 10.2. The Morgan fingerprint density at radius 1 is 1.06 bits per heavy atom. The number of halogens is 2. The largest absolute Gasteiger partial charge is 0.435 e. The smallest absolute Gasteiger partial charge is 0.387 e. The first kappa shape index (κ1) is 23.0. The number of carbonyl (C=O) groups excluding carboxylic acids is 1. The molecule has 0 aliphatic heterocycles. The van der Waals surface area contributed by atoms with E-state index in [0.29, 0.717) is 17.8 Å². The third-order valence-corrected chi connectivity index (χ3v) is 4.88. The monoisotopic (exact) mass is 464 g/mol. The van der Waals surface area contributed by atoms with Gasteiger partial charge in [-0.2, -0.15) is 13.9 Å². The van der Waals surface area contributed by atoms with Crippen LogP contribution in [0.2, 0.25) is 0 Å². The van der Waals surface area contributed by atoms with Gasteiger partial charge >= 0.3 is 6.61 Å². The van der Waals surface area contributed by atoms with Crippen LogP contribution in [-0.4, -0.2) is 37.7 Å². The van der Waals surface area contributed by atoms with Gasteiger partial charge in [0.15, 0.2) is 5.82 Å². The highest BCUT2D eigenvalue weighted by Gasteiger charge is 2.11. The van der Waals surface area contributed by atoms with Crippen molar-refractivity contribution in [1.29, 1.82) is 0 Å². The maximum atomic E-state index is 12.5. The number of rotatable bonds is 8. The lowest BCUT2D eigenvalue weighted by Crippen LogP contribution is -2.23. The summed E-state index contributed by atoms with van der Waals surface area (Å²) in [5.41, 5.74) is 5.19. The number of hydrogen-bond donors (Lipinski definition) is 2. The molecule has 0 saturated carbocycles. The van der Waals surface area contributed by atoms with E-state index in [1.165, 1.54) is 12.1 Å². The predicted octanol–water partition coefficient (Wildman–Crippen LogP) is 4.00. The van der Waals surface area contributed by atoms with Gasteiger partial charge in [0.05, 0.1) is 11.4 Å². The van der Waals surface area contributed by atoms with E-state index in [9.17, 15) is 13.6 Å². The highest BCUT2D eigenvalue weighted by Crippen LogP contribution is 2.18. The second-order valence-electron chi connectivity index (χ2n) is 7.68. The van der Waals surface area contributed by atoms with Crippen LogP contribution in [0.5, 0.6) is 5.75 Å². The molecule has 0 fully saturated rings. The molecular weight excluding hydrogens is 442 g/mol. The summed E-state index contributed by atoms with van der Waals surface area (Å²) in [4.78, 5) is 25.8. The van der Waals surface area contributed by atoms with E-state index in [0.717, 1.165) is 28.3 Å². The van der Waals surface area contributed by atoms with Crippen molar-refractivity contribution in [2.24, 2.45) is 0 Å². The van der Waals surface area contributed by atoms with Crippen molar-refractivity contribution in [2.45, 2.75) is 33.4 Å². The molecule has 0 spiro atoms. The maximum Gasteiger partial charge on any atom is 0.387 e. The average Bonchev–Trinajstić information content (AvgIpc) is 3.22. The molecule has 4 aromatic rings. The molecular formula is C24H22F2N6O2. The molecule has 34 heavy (non-hydrogen) atoms. The van der Waals surface area contributed by atoms with Crippen molar-refractivity contribution in [1.82, 2.24) is 30.5 Å². The maximum absolute atomic E-state index is 12.5. The number of pyridine rings is 1. The van der Waals surface area contributed by atoms with Crippen LogP contribution < -0.4 is 10.1 Å². The molecule has 2 N–H and O–H groups in total. The molecule has 0 aliphatic rings. The fraction of sp³-hybridized carbons (Fsp3) is 0.208. The van der Waals surface area contributed by atoms with Crippen molar-refractivity contribution in [3.63, 3.8) is 0 Å². The summed E-state index contributed by atoms with van der Waals surface area (Å²) in [5, 5.41) is 9.92. The number of nitrogens with zero attached hydrogens (tertiary/aromatic N) is 4. The molecule has 4 rings (SSSR count). The Morgan fingerprint density at radius 2 is 1.85 bits per heavy atom. The summed E-state index contributed by atoms with van der Waals surface area (Å²) in [6.07, 6.45) is 2.13. The molecule has 10 heteroatoms. The Labute approximate surface area is 194 Å². The molecule has 0 aliphatic carbocycles. The van der Waals surface area contributed by atoms with Gasteiger partial charge in [-0.25, -0.2) is 9.97 Å². The lowest BCUT2D eigenvalue weighted by atomic mass is 10.1. The number of aromatic amines is 1. The minimum Gasteiger partial charge on any atom is -0.435 e. The van der Waals surface area contributed by atoms with E-state index in [2.05, 4.69) is 35.2 Å². The molecule has 174 valence electrons. The van der Waals surface area contributed by atoms with Crippen molar-refractivity contribution < 1.29 is 18.3 Å². The van der Waals surface area contributed by atoms with Gasteiger partial charge in [0.1, 0.15) is 11.4 Å². The van der Waals surface area contributed by atoms with E-state index in [1.807, 2.05) is 26.0 Å². The van der Waals surface area contributed by atoms with Gasteiger partial charge < -0.3 is 10.1 Å². The van der Waals surface area contributed by atoms with Crippen LogP contribution in [0.1, 0.15) is 38.8 Å². The van der Waals surface area contributed by atoms with Gasteiger partial charge in [0, 0.05) is 36.1 Å². The first-order valence-corrected chi connectivity index (χ1v) is 10.5. The number of nitrogens with one attached hydrogen (secondary N) is 2. The van der Waals surface area contributed by atoms with E-state index >= 15 is 0 Å². The molecule has 0 radical (unpaired) electrons. The van der Waals surface area contributed by atoms with Crippen LogP contribution in [0.3, 0.4) is 0 Å². The summed E-state index contributed by atoms with van der Waals surface area (Å²) in [7, 11) is 0. The van der Waals surface area contributed by atoms with Gasteiger partial charge in [0.25, 0.3) is 5.91 Å². The molecule has 0 unspecified atom stereocenters. The Bertz CT molecular complexity index is 1270. The Kier molecular flexibility index (Phi) is 6.86. The summed E-state index contributed by atoms with van der Waals surface area (Å²) >= 11 is 0. The molecule has 0 atom stereocenters. The van der Waals surface area contributed by atoms with Crippen molar-refractivity contribution >= 4 is 5.91 Å². The van der Waals surface area contributed by atoms with Crippen molar-refractivity contribution in [2.75, 3.05) is 0 Å². The minimum atomic E-state index is -2.88. The molecule has 0 bridgehead atoms. The predicted molar refractivity (Wildman–Crippen MR) is 120 cm³/mol. The van der Waals surface area contributed by atoms with Crippen molar-refractivity contribution in [3.8, 4) is 17.1 Å². The molecule has 1 amide bonds. The fourth-order valence-electron chi connectivity index (χ4n) is 3.33. The number of benzene rings is 1. The normalized spacial score (nSPS) is 11.0. The quantitative estimate of drug-likeness (QED) is 0.408. The number of aromatic nitrogens is 5. The number of aryl methyl sites for hydroxylation is 2. The highest BCUT2D eigenvalue weighted by molar-refractivity contribution is 5.92. The summed E-state index contributed by atoms with van der Waals surface area (Å²) < 4.78 is 28.8. The zero-order valence-corrected chi connectivity index (χ0v) is 18.5. The number of hydrogen-bond acceptors (Lipinski definition) is 6. The lowest BCUT2D eigenvalue weighted by Gasteiger charge is -2.08. The van der Waals surface area contributed by atoms with E-state index in [1.54, 1.807) is 30.5 Å². The van der Waals surface area contributed by atoms with E-state index in [-0.39, 0.29) is 23.9 Å². The van der Waals surface area contributed by atoms with Crippen molar-refractivity contribution in [3.05, 3.63) is 88.8 Å². The number of ether oxygens (including phenoxy) is 1. The molecule has 3 aromatic heterocycles. The number of H-pyrrole nitrogens is 1. The van der Waals surface area contributed by atoms with Crippen LogP contribution in [0.4, 0.5) is 8.78 Å². The van der Waals surface area contributed by atoms with Crippen LogP contribution in [-0.2, 0) is 13.0 Å². The fourth-order valence-corrected chi connectivity index (χ4v) is 3.33. The second-order valence-corrected chi connectivity index (χ2v) is 7.68. The third-order valence-electron chi connectivity index (χ3n) is 4.88. The van der Waals surface area contributed by atoms with Gasteiger partial charge in [-0.15, -0.1) is 0 Å². The number of alkyl halides is 2. The van der Waals surface area contributed by atoms with Crippen LogP contribution in [0, 0.1) is 13.8 Å². The van der Waals surface area contributed by atoms with Crippen LogP contribution >= 0.6 is 0 Å². The number of carbonyl (C=O) groups is 1. The molecule has 8 nitrogen and oxygen atoms in total. The zero-order chi connectivity index (χ0) is 24.1. The first-order chi connectivity index (χ1) is 16.4. The summed E-state index contributed by atoms with van der Waals surface area (Å²) in [6, 6.07) is 13.3. The SMILES string of the molecule is Cc1cc(Cc2cc(C)[nH]n2)nc(-c2ccc(C(=O)NCc3ccc(OC(F)F)cc3)nc2)n1. The lowest BCUT2D eigenvalue weighted by molar-refractivity contribution is -0.0498. The molecule has 3 heterocycles. The topological polar surface area (TPSA) is 106 Å². The number of amides is 1. The van der Waals surface area contributed by atoms with Gasteiger partial charge in [-0.05, 0) is 55.8 Å². The third kappa shape index (κ3) is 5.97. The average molecular weight is 464 g/mol.